The van der Waals surface area contributed by atoms with Gasteiger partial charge in [0.05, 0.1) is 5.02 Å². The van der Waals surface area contributed by atoms with E-state index in [-0.39, 0.29) is 9.63 Å². The fourth-order valence-corrected chi connectivity index (χ4v) is 1.59. The van der Waals surface area contributed by atoms with Gasteiger partial charge in [-0.3, -0.25) is 0 Å². The quantitative estimate of drug-likeness (QED) is 0.650. The van der Waals surface area contributed by atoms with Crippen molar-refractivity contribution in [3.8, 4) is 0 Å². The number of hydrogen-bond acceptors (Lipinski definition) is 1. The minimum Gasteiger partial charge on any atom is -0.249 e. The van der Waals surface area contributed by atoms with Gasteiger partial charge in [-0.1, -0.05) is 11.6 Å². The van der Waals surface area contributed by atoms with Gasteiger partial charge in [0.25, 0.3) is 0 Å². The van der Waals surface area contributed by atoms with Crippen molar-refractivity contribution in [2.24, 2.45) is 0 Å². The summed E-state index contributed by atoms with van der Waals surface area (Å²) in [5.74, 6) is 0. The zero-order valence-electron chi connectivity index (χ0n) is 5.49. The maximum atomic E-state index is 12.2. The summed E-state index contributed by atoms with van der Waals surface area (Å²) >= 11 is 7.99. The summed E-state index contributed by atoms with van der Waals surface area (Å²) in [6.07, 6.45) is -3.27. The fourth-order valence-electron chi connectivity index (χ4n) is 0.667. The van der Waals surface area contributed by atoms with Gasteiger partial charge in [-0.05, 0) is 22.0 Å². The Morgan fingerprint density at radius 3 is 2.33 bits per heavy atom. The van der Waals surface area contributed by atoms with Crippen molar-refractivity contribution in [1.29, 1.82) is 0 Å². The lowest BCUT2D eigenvalue weighted by atomic mass is 10.3. The molecule has 0 saturated carbocycles. The van der Waals surface area contributed by atoms with Gasteiger partial charge in [0, 0.05) is 6.20 Å². The van der Waals surface area contributed by atoms with Crippen molar-refractivity contribution in [1.82, 2.24) is 4.98 Å². The molecule has 0 aliphatic rings. The van der Waals surface area contributed by atoms with Crippen LogP contribution in [-0.2, 0) is 6.18 Å². The molecule has 1 nitrogen and oxygen atoms in total. The summed E-state index contributed by atoms with van der Waals surface area (Å²) in [5, 5.41) is -0.357. The first-order valence-corrected chi connectivity index (χ1v) is 3.97. The van der Waals surface area contributed by atoms with E-state index in [2.05, 4.69) is 20.9 Å². The molecule has 0 unspecified atom stereocenters. The average Bonchev–Trinajstić information content (AvgIpc) is 1.82. The van der Waals surface area contributed by atoms with Gasteiger partial charge in [0.15, 0.2) is 0 Å². The average molecular weight is 260 g/mol. The highest BCUT2D eigenvalue weighted by molar-refractivity contribution is 9.10. The number of rotatable bonds is 0. The Labute approximate surface area is 79.7 Å². The van der Waals surface area contributed by atoms with Crippen molar-refractivity contribution in [3.05, 3.63) is 27.5 Å². The maximum Gasteiger partial charge on any atom is 0.420 e. The molecule has 0 atom stereocenters. The van der Waals surface area contributed by atoms with Crippen LogP contribution in [0.2, 0.25) is 5.02 Å². The maximum absolute atomic E-state index is 12.2. The third-order valence-corrected chi connectivity index (χ3v) is 2.05. The molecule has 0 saturated heterocycles. The van der Waals surface area contributed by atoms with Crippen molar-refractivity contribution < 1.29 is 13.2 Å². The number of halogens is 5. The van der Waals surface area contributed by atoms with Gasteiger partial charge in [-0.2, -0.15) is 13.2 Å². The highest BCUT2D eigenvalue weighted by Gasteiger charge is 2.36. The Kier molecular flexibility index (Phi) is 2.63. The van der Waals surface area contributed by atoms with Crippen LogP contribution in [0.5, 0.6) is 0 Å². The minimum atomic E-state index is -4.47. The molecular formula is C6H2BrClF3N. The van der Waals surface area contributed by atoms with E-state index >= 15 is 0 Å². The molecule has 0 bridgehead atoms. The number of alkyl halides is 3. The lowest BCUT2D eigenvalue weighted by Gasteiger charge is -2.08. The highest BCUT2D eigenvalue weighted by Crippen LogP contribution is 2.38. The largest absolute Gasteiger partial charge is 0.420 e. The molecule has 0 amide bonds. The summed E-state index contributed by atoms with van der Waals surface area (Å²) in [7, 11) is 0. The lowest BCUT2D eigenvalue weighted by molar-refractivity contribution is -0.138. The molecule has 6 heteroatoms. The molecule has 1 aromatic heterocycles. The second kappa shape index (κ2) is 3.22. The van der Waals surface area contributed by atoms with Gasteiger partial charge >= 0.3 is 6.18 Å². The molecule has 0 aromatic carbocycles. The first-order valence-electron chi connectivity index (χ1n) is 2.80. The van der Waals surface area contributed by atoms with Crippen LogP contribution in [0, 0.1) is 0 Å². The first-order chi connectivity index (χ1) is 5.43. The predicted octanol–water partition coefficient (Wildman–Crippen LogP) is 3.52. The number of aromatic nitrogens is 1. The fraction of sp³-hybridized carbons (Fsp3) is 0.167. The van der Waals surface area contributed by atoms with E-state index in [9.17, 15) is 13.2 Å². The van der Waals surface area contributed by atoms with Gasteiger partial charge in [-0.25, -0.2) is 4.98 Å². The molecule has 1 rings (SSSR count). The Hall–Kier alpha value is -0.290. The summed E-state index contributed by atoms with van der Waals surface area (Å²) in [4.78, 5) is 3.42. The predicted molar refractivity (Wildman–Crippen MR) is 41.9 cm³/mol. The van der Waals surface area contributed by atoms with Crippen LogP contribution >= 0.6 is 27.5 Å². The van der Waals surface area contributed by atoms with E-state index in [0.717, 1.165) is 6.07 Å². The van der Waals surface area contributed by atoms with E-state index in [1.54, 1.807) is 0 Å². The number of nitrogens with zero attached hydrogens (tertiary/aromatic N) is 1. The standard InChI is InChI=1S/C6H2BrClF3N/c7-5-4(6(9,10)11)3(8)1-2-12-5/h1-2H. The molecule has 1 aromatic rings. The Morgan fingerprint density at radius 2 is 2.00 bits per heavy atom. The molecule has 0 fully saturated rings. The van der Waals surface area contributed by atoms with Crippen molar-refractivity contribution >= 4 is 27.5 Å². The van der Waals surface area contributed by atoms with Crippen LogP contribution in [0.15, 0.2) is 16.9 Å². The summed E-state index contributed by atoms with van der Waals surface area (Å²) in [6, 6.07) is 1.09. The molecule has 0 radical (unpaired) electrons. The van der Waals surface area contributed by atoms with Gasteiger partial charge in [-0.15, -0.1) is 0 Å². The van der Waals surface area contributed by atoms with Crippen LogP contribution in [-0.4, -0.2) is 4.98 Å². The van der Waals surface area contributed by atoms with Crippen LogP contribution < -0.4 is 0 Å². The van der Waals surface area contributed by atoms with Gasteiger partial charge in [0.1, 0.15) is 10.2 Å². The topological polar surface area (TPSA) is 12.9 Å². The second-order valence-electron chi connectivity index (χ2n) is 1.96. The molecule has 1 heterocycles. The summed E-state index contributed by atoms with van der Waals surface area (Å²) in [6.45, 7) is 0. The van der Waals surface area contributed by atoms with Crippen LogP contribution in [0.25, 0.3) is 0 Å². The molecule has 0 spiro atoms. The van der Waals surface area contributed by atoms with Gasteiger partial charge < -0.3 is 0 Å². The Balaban J connectivity index is 3.31. The zero-order valence-corrected chi connectivity index (χ0v) is 7.83. The first kappa shape index (κ1) is 9.80. The molecule has 0 aliphatic heterocycles. The van der Waals surface area contributed by atoms with Crippen LogP contribution in [0.3, 0.4) is 0 Å². The Bertz CT molecular complexity index is 279. The molecule has 66 valence electrons. The van der Waals surface area contributed by atoms with Crippen LogP contribution in [0.4, 0.5) is 13.2 Å². The third kappa shape index (κ3) is 1.90. The SMILES string of the molecule is FC(F)(F)c1c(Cl)ccnc1Br. The normalized spacial score (nSPS) is 11.8. The zero-order chi connectivity index (χ0) is 9.35. The number of pyridine rings is 1. The van der Waals surface area contributed by atoms with Crippen molar-refractivity contribution in [2.75, 3.05) is 0 Å². The Morgan fingerprint density at radius 1 is 1.42 bits per heavy atom. The minimum absolute atomic E-state index is 0.289. The van der Waals surface area contributed by atoms with Crippen LogP contribution in [0.1, 0.15) is 5.56 Å². The number of hydrogen-bond donors (Lipinski definition) is 0. The van der Waals surface area contributed by atoms with E-state index in [0.29, 0.717) is 0 Å². The molecular weight excluding hydrogens is 258 g/mol. The van der Waals surface area contributed by atoms with E-state index < -0.39 is 11.7 Å². The van der Waals surface area contributed by atoms with Crippen molar-refractivity contribution in [2.45, 2.75) is 6.18 Å². The third-order valence-electron chi connectivity index (χ3n) is 1.14. The monoisotopic (exact) mass is 259 g/mol. The van der Waals surface area contributed by atoms with Crippen molar-refractivity contribution in [3.63, 3.8) is 0 Å². The summed E-state index contributed by atoms with van der Waals surface area (Å²) < 4.78 is 36.2. The highest BCUT2D eigenvalue weighted by atomic mass is 79.9. The van der Waals surface area contributed by atoms with E-state index in [1.165, 1.54) is 6.20 Å². The lowest BCUT2D eigenvalue weighted by Crippen LogP contribution is -2.07. The molecule has 0 aliphatic carbocycles. The van der Waals surface area contributed by atoms with E-state index in [1.807, 2.05) is 0 Å². The second-order valence-corrected chi connectivity index (χ2v) is 3.11. The smallest absolute Gasteiger partial charge is 0.249 e. The molecule has 12 heavy (non-hydrogen) atoms. The van der Waals surface area contributed by atoms with Gasteiger partial charge in [0.2, 0.25) is 0 Å². The molecule has 0 N–H and O–H groups in total. The van der Waals surface area contributed by atoms with E-state index in [4.69, 9.17) is 11.6 Å². The summed E-state index contributed by atoms with van der Waals surface area (Å²) in [5.41, 5.74) is -0.938.